The maximum absolute atomic E-state index is 13.0. The van der Waals surface area contributed by atoms with Gasteiger partial charge in [-0.25, -0.2) is 0 Å². The molecule has 0 atom stereocenters. The fraction of sp³-hybridized carbons (Fsp3) is 0.120. The Bertz CT molecular complexity index is 1310. The third kappa shape index (κ3) is 5.72. The summed E-state index contributed by atoms with van der Waals surface area (Å²) in [5.74, 6) is 0.826. The second-order valence-electron chi connectivity index (χ2n) is 7.33. The number of thioether (sulfide) groups is 1. The number of ether oxygens (including phenoxy) is 2. The van der Waals surface area contributed by atoms with Gasteiger partial charge in [-0.2, -0.15) is 0 Å². The van der Waals surface area contributed by atoms with Crippen molar-refractivity contribution in [2.75, 3.05) is 11.5 Å². The van der Waals surface area contributed by atoms with E-state index in [4.69, 9.17) is 21.7 Å². The molecule has 3 aromatic rings. The summed E-state index contributed by atoms with van der Waals surface area (Å²) in [6, 6.07) is 19.1. The first kappa shape index (κ1) is 24.9. The number of anilines is 1. The number of carbonyl (C=O) groups excluding carboxylic acids is 1. The molecule has 10 heteroatoms. The van der Waals surface area contributed by atoms with Crippen LogP contribution in [0, 0.1) is 10.1 Å². The van der Waals surface area contributed by atoms with Gasteiger partial charge in [-0.05, 0) is 76.5 Å². The maximum atomic E-state index is 13.0. The number of thiocarbonyl (C=S) groups is 1. The second kappa shape index (κ2) is 11.0. The van der Waals surface area contributed by atoms with Crippen LogP contribution in [0.25, 0.3) is 6.08 Å². The highest BCUT2D eigenvalue weighted by molar-refractivity contribution is 9.10. The van der Waals surface area contributed by atoms with E-state index in [1.807, 2.05) is 43.3 Å². The van der Waals surface area contributed by atoms with Crippen molar-refractivity contribution in [2.45, 2.75) is 13.5 Å². The van der Waals surface area contributed by atoms with Gasteiger partial charge >= 0.3 is 0 Å². The number of nitro benzene ring substituents is 1. The van der Waals surface area contributed by atoms with Crippen LogP contribution in [0.4, 0.5) is 11.4 Å². The Kier molecular flexibility index (Phi) is 7.84. The minimum absolute atomic E-state index is 0.0203. The van der Waals surface area contributed by atoms with Crippen molar-refractivity contribution in [3.63, 3.8) is 0 Å². The van der Waals surface area contributed by atoms with E-state index in [0.717, 1.165) is 16.8 Å². The van der Waals surface area contributed by atoms with Gasteiger partial charge in [0.2, 0.25) is 0 Å². The van der Waals surface area contributed by atoms with E-state index in [1.165, 1.54) is 28.8 Å². The summed E-state index contributed by atoms with van der Waals surface area (Å²) in [6.45, 7) is 2.48. The molecule has 1 heterocycles. The van der Waals surface area contributed by atoms with Crippen molar-refractivity contribution in [1.82, 2.24) is 0 Å². The minimum Gasteiger partial charge on any atom is -0.490 e. The van der Waals surface area contributed by atoms with E-state index in [0.29, 0.717) is 31.8 Å². The Hall–Kier alpha value is -3.21. The Morgan fingerprint density at radius 1 is 1.11 bits per heavy atom. The normalized spacial score (nSPS) is 14.5. The van der Waals surface area contributed by atoms with Crippen molar-refractivity contribution in [1.29, 1.82) is 0 Å². The molecule has 1 amide bonds. The second-order valence-corrected chi connectivity index (χ2v) is 9.86. The summed E-state index contributed by atoms with van der Waals surface area (Å²) in [7, 11) is 0. The maximum Gasteiger partial charge on any atom is 0.270 e. The third-order valence-electron chi connectivity index (χ3n) is 4.97. The van der Waals surface area contributed by atoms with E-state index in [1.54, 1.807) is 24.3 Å². The van der Waals surface area contributed by atoms with Gasteiger partial charge < -0.3 is 9.47 Å². The fourth-order valence-electron chi connectivity index (χ4n) is 3.36. The number of carbonyl (C=O) groups is 1. The summed E-state index contributed by atoms with van der Waals surface area (Å²) in [5, 5.41) is 10.9. The molecule has 0 N–H and O–H groups in total. The lowest BCUT2D eigenvalue weighted by Gasteiger charge is -2.15. The molecular weight excluding hydrogens is 552 g/mol. The van der Waals surface area contributed by atoms with Gasteiger partial charge in [0.1, 0.15) is 6.61 Å². The zero-order chi connectivity index (χ0) is 24.9. The number of amides is 1. The lowest BCUT2D eigenvalue weighted by molar-refractivity contribution is -0.384. The SMILES string of the molecule is CCOc1cc(/C=C2/SC(=S)N(c3ccccc3)C2=O)cc(Br)c1OCc1ccc([N+](=O)[O-])cc1. The van der Waals surface area contributed by atoms with E-state index >= 15 is 0 Å². The van der Waals surface area contributed by atoms with Crippen LogP contribution in [0.1, 0.15) is 18.1 Å². The molecular formula is C25H19BrN2O5S2. The molecule has 0 saturated carbocycles. The molecule has 0 radical (unpaired) electrons. The molecule has 0 spiro atoms. The van der Waals surface area contributed by atoms with Crippen LogP contribution in [0.2, 0.25) is 0 Å². The summed E-state index contributed by atoms with van der Waals surface area (Å²) in [4.78, 5) is 25.5. The number of nitro groups is 1. The van der Waals surface area contributed by atoms with E-state index in [2.05, 4.69) is 15.9 Å². The molecule has 0 aromatic heterocycles. The number of benzene rings is 3. The molecule has 7 nitrogen and oxygen atoms in total. The topological polar surface area (TPSA) is 81.9 Å². The molecule has 0 aliphatic carbocycles. The van der Waals surface area contributed by atoms with Crippen molar-refractivity contribution < 1.29 is 19.2 Å². The number of nitrogens with zero attached hydrogens (tertiary/aromatic N) is 2. The van der Waals surface area contributed by atoms with Crippen LogP contribution < -0.4 is 14.4 Å². The highest BCUT2D eigenvalue weighted by atomic mass is 79.9. The number of para-hydroxylation sites is 1. The first-order valence-corrected chi connectivity index (χ1v) is 12.5. The molecule has 1 aliphatic heterocycles. The first-order valence-electron chi connectivity index (χ1n) is 10.5. The van der Waals surface area contributed by atoms with E-state index in [9.17, 15) is 14.9 Å². The van der Waals surface area contributed by atoms with Crippen molar-refractivity contribution in [3.8, 4) is 11.5 Å². The Labute approximate surface area is 220 Å². The summed E-state index contributed by atoms with van der Waals surface area (Å²) in [6.07, 6.45) is 1.77. The smallest absolute Gasteiger partial charge is 0.270 e. The van der Waals surface area contributed by atoms with Crippen LogP contribution in [0.5, 0.6) is 11.5 Å². The molecule has 35 heavy (non-hydrogen) atoms. The minimum atomic E-state index is -0.444. The predicted molar refractivity (Wildman–Crippen MR) is 145 cm³/mol. The van der Waals surface area contributed by atoms with Crippen LogP contribution >= 0.6 is 39.9 Å². The zero-order valence-corrected chi connectivity index (χ0v) is 21.7. The summed E-state index contributed by atoms with van der Waals surface area (Å²) in [5.41, 5.74) is 2.27. The monoisotopic (exact) mass is 570 g/mol. The van der Waals surface area contributed by atoms with Gasteiger partial charge in [0.25, 0.3) is 11.6 Å². The van der Waals surface area contributed by atoms with Gasteiger partial charge in [0.15, 0.2) is 15.8 Å². The number of hydrogen-bond acceptors (Lipinski definition) is 7. The van der Waals surface area contributed by atoms with Crippen LogP contribution in [-0.4, -0.2) is 21.8 Å². The number of non-ortho nitro benzene ring substituents is 1. The quantitative estimate of drug-likeness (QED) is 0.128. The summed E-state index contributed by atoms with van der Waals surface area (Å²) >= 11 is 10.2. The lowest BCUT2D eigenvalue weighted by atomic mass is 10.1. The molecule has 3 aromatic carbocycles. The zero-order valence-electron chi connectivity index (χ0n) is 18.5. The summed E-state index contributed by atoms with van der Waals surface area (Å²) < 4.78 is 12.9. The van der Waals surface area contributed by atoms with Crippen LogP contribution in [0.15, 0.2) is 76.1 Å². The highest BCUT2D eigenvalue weighted by Gasteiger charge is 2.33. The number of rotatable bonds is 8. The Balaban J connectivity index is 1.57. The molecule has 1 saturated heterocycles. The molecule has 4 rings (SSSR count). The van der Waals surface area contributed by atoms with Crippen LogP contribution in [-0.2, 0) is 11.4 Å². The molecule has 0 unspecified atom stereocenters. The van der Waals surface area contributed by atoms with Crippen molar-refractivity contribution in [3.05, 3.63) is 97.3 Å². The molecule has 1 fully saturated rings. The van der Waals surface area contributed by atoms with Gasteiger partial charge in [0, 0.05) is 12.1 Å². The molecule has 0 bridgehead atoms. The number of halogens is 1. The van der Waals surface area contributed by atoms with Gasteiger partial charge in [0.05, 0.1) is 26.6 Å². The Morgan fingerprint density at radius 2 is 1.83 bits per heavy atom. The van der Waals surface area contributed by atoms with Crippen molar-refractivity contribution >= 4 is 67.6 Å². The highest BCUT2D eigenvalue weighted by Crippen LogP contribution is 2.40. The van der Waals surface area contributed by atoms with Gasteiger partial charge in [-0.1, -0.05) is 42.2 Å². The fourth-order valence-corrected chi connectivity index (χ4v) is 5.24. The third-order valence-corrected chi connectivity index (χ3v) is 6.86. The van der Waals surface area contributed by atoms with E-state index in [-0.39, 0.29) is 18.2 Å². The molecule has 1 aliphatic rings. The Morgan fingerprint density at radius 3 is 2.49 bits per heavy atom. The van der Waals surface area contributed by atoms with Gasteiger partial charge in [-0.15, -0.1) is 0 Å². The van der Waals surface area contributed by atoms with Crippen molar-refractivity contribution in [2.24, 2.45) is 0 Å². The van der Waals surface area contributed by atoms with Gasteiger partial charge in [-0.3, -0.25) is 19.8 Å². The first-order chi connectivity index (χ1) is 16.9. The standard InChI is InChI=1S/C25H19BrN2O5S2/c1-2-32-21-13-17(14-22-24(29)27(25(34)35-22)18-6-4-3-5-7-18)12-20(26)23(21)33-15-16-8-10-19(11-9-16)28(30)31/h3-14H,2,15H2,1H3/b22-14+. The molecule has 178 valence electrons. The predicted octanol–water partition coefficient (Wildman–Crippen LogP) is 6.74. The average Bonchev–Trinajstić information content (AvgIpc) is 3.12. The average molecular weight is 571 g/mol. The number of hydrogen-bond donors (Lipinski definition) is 0. The van der Waals surface area contributed by atoms with Crippen LogP contribution in [0.3, 0.4) is 0 Å². The lowest BCUT2D eigenvalue weighted by Crippen LogP contribution is -2.27. The van der Waals surface area contributed by atoms with E-state index < -0.39 is 4.92 Å². The largest absolute Gasteiger partial charge is 0.490 e.